The van der Waals surface area contributed by atoms with Gasteiger partial charge < -0.3 is 24.6 Å². The molecular formula is C20H27N3O6. The largest absolute Gasteiger partial charge is 0.482 e. The van der Waals surface area contributed by atoms with Crippen LogP contribution in [0.25, 0.3) is 0 Å². The number of hydrogen-bond acceptors (Lipinski definition) is 6. The molecule has 158 valence electrons. The second-order valence-electron chi connectivity index (χ2n) is 7.76. The van der Waals surface area contributed by atoms with Gasteiger partial charge in [0.05, 0.1) is 18.7 Å². The molecule has 0 aromatic heterocycles. The van der Waals surface area contributed by atoms with Crippen LogP contribution in [0.15, 0.2) is 24.3 Å². The summed E-state index contributed by atoms with van der Waals surface area (Å²) in [4.78, 5) is 50.6. The molecule has 1 aliphatic rings. The molecule has 9 heteroatoms. The van der Waals surface area contributed by atoms with Crippen molar-refractivity contribution in [2.24, 2.45) is 0 Å². The maximum atomic E-state index is 12.1. The number of carbonyl (C=O) groups excluding carboxylic acids is 4. The Morgan fingerprint density at radius 2 is 1.93 bits per heavy atom. The van der Waals surface area contributed by atoms with Gasteiger partial charge in [0.2, 0.25) is 5.91 Å². The molecular weight excluding hydrogens is 378 g/mol. The third kappa shape index (κ3) is 6.78. The zero-order valence-electron chi connectivity index (χ0n) is 17.2. The summed E-state index contributed by atoms with van der Waals surface area (Å²) in [7, 11) is 1.46. The Kier molecular flexibility index (Phi) is 7.19. The molecule has 9 nitrogen and oxygen atoms in total. The highest BCUT2D eigenvalue weighted by atomic mass is 16.5. The molecule has 1 aromatic carbocycles. The van der Waals surface area contributed by atoms with Crippen molar-refractivity contribution in [2.75, 3.05) is 38.3 Å². The number of benzene rings is 1. The topological polar surface area (TPSA) is 105 Å². The highest BCUT2D eigenvalue weighted by Gasteiger charge is 2.26. The van der Waals surface area contributed by atoms with Gasteiger partial charge in [0, 0.05) is 19.1 Å². The number of anilines is 1. The fourth-order valence-corrected chi connectivity index (χ4v) is 2.69. The lowest BCUT2D eigenvalue weighted by molar-refractivity contribution is -0.151. The molecule has 0 atom stereocenters. The first-order valence-electron chi connectivity index (χ1n) is 9.29. The van der Waals surface area contributed by atoms with Gasteiger partial charge in [-0.15, -0.1) is 0 Å². The van der Waals surface area contributed by atoms with E-state index in [0.717, 1.165) is 0 Å². The molecule has 0 saturated heterocycles. The molecule has 1 N–H and O–H groups in total. The first kappa shape index (κ1) is 22.2. The molecule has 0 bridgehead atoms. The lowest BCUT2D eigenvalue weighted by Gasteiger charge is -2.29. The minimum atomic E-state index is -0.609. The minimum Gasteiger partial charge on any atom is -0.482 e. The van der Waals surface area contributed by atoms with Gasteiger partial charge in [-0.3, -0.25) is 19.2 Å². The minimum absolute atomic E-state index is 0.0679. The van der Waals surface area contributed by atoms with Crippen LogP contribution < -0.4 is 15.0 Å². The van der Waals surface area contributed by atoms with Crippen LogP contribution in [0.2, 0.25) is 0 Å². The summed E-state index contributed by atoms with van der Waals surface area (Å²) in [6, 6.07) is 7.05. The van der Waals surface area contributed by atoms with Gasteiger partial charge in [-0.2, -0.15) is 0 Å². The van der Waals surface area contributed by atoms with Crippen molar-refractivity contribution in [3.8, 4) is 5.75 Å². The Bertz CT molecular complexity index is 787. The third-order valence-electron chi connectivity index (χ3n) is 4.03. The molecule has 29 heavy (non-hydrogen) atoms. The molecule has 0 spiro atoms. The van der Waals surface area contributed by atoms with Gasteiger partial charge >= 0.3 is 5.97 Å². The smallest absolute Gasteiger partial charge is 0.308 e. The molecule has 0 aliphatic carbocycles. The van der Waals surface area contributed by atoms with Crippen LogP contribution in [-0.4, -0.2) is 67.5 Å². The Labute approximate surface area is 169 Å². The number of ether oxygens (including phenoxy) is 2. The average molecular weight is 405 g/mol. The molecule has 1 aliphatic heterocycles. The number of esters is 1. The predicted octanol–water partition coefficient (Wildman–Crippen LogP) is 0.718. The predicted molar refractivity (Wildman–Crippen MR) is 105 cm³/mol. The fourth-order valence-electron chi connectivity index (χ4n) is 2.69. The number of hydrogen-bond donors (Lipinski definition) is 1. The van der Waals surface area contributed by atoms with Crippen LogP contribution in [0.1, 0.15) is 27.2 Å². The number of amides is 3. The van der Waals surface area contributed by atoms with E-state index in [0.29, 0.717) is 11.4 Å². The van der Waals surface area contributed by atoms with Crippen molar-refractivity contribution in [3.63, 3.8) is 0 Å². The number of carbonyl (C=O) groups is 4. The molecule has 1 aromatic rings. The van der Waals surface area contributed by atoms with Crippen LogP contribution in [0.5, 0.6) is 5.75 Å². The van der Waals surface area contributed by atoms with Crippen molar-refractivity contribution in [1.82, 2.24) is 10.2 Å². The molecule has 2 rings (SSSR count). The average Bonchev–Trinajstić information content (AvgIpc) is 2.63. The zero-order valence-corrected chi connectivity index (χ0v) is 17.2. The summed E-state index contributed by atoms with van der Waals surface area (Å²) in [5.41, 5.74) is 0.195. The van der Waals surface area contributed by atoms with E-state index in [1.54, 1.807) is 24.3 Å². The maximum absolute atomic E-state index is 12.1. The Hall–Kier alpha value is -3.10. The molecule has 0 unspecified atom stereocenters. The lowest BCUT2D eigenvalue weighted by atomic mass is 10.1. The quantitative estimate of drug-likeness (QED) is 0.670. The number of nitrogens with one attached hydrogen (secondary N) is 1. The van der Waals surface area contributed by atoms with E-state index in [2.05, 4.69) is 5.32 Å². The molecule has 3 amide bonds. The van der Waals surface area contributed by atoms with Crippen LogP contribution in [0.4, 0.5) is 5.69 Å². The van der Waals surface area contributed by atoms with Crippen molar-refractivity contribution < 1.29 is 28.7 Å². The molecule has 0 radical (unpaired) electrons. The van der Waals surface area contributed by atoms with Crippen LogP contribution in [0.3, 0.4) is 0 Å². The second-order valence-corrected chi connectivity index (χ2v) is 7.76. The summed E-state index contributed by atoms with van der Waals surface area (Å²) in [5, 5.41) is 2.75. The molecule has 1 heterocycles. The second kappa shape index (κ2) is 9.40. The normalized spacial score (nSPS) is 13.2. The summed E-state index contributed by atoms with van der Waals surface area (Å²) in [6.45, 7) is 4.95. The highest BCUT2D eigenvalue weighted by Crippen LogP contribution is 2.31. The summed E-state index contributed by atoms with van der Waals surface area (Å²) >= 11 is 0. The third-order valence-corrected chi connectivity index (χ3v) is 4.03. The van der Waals surface area contributed by atoms with E-state index in [1.807, 2.05) is 20.8 Å². The number of nitrogens with zero attached hydrogens (tertiary/aromatic N) is 2. The first-order valence-corrected chi connectivity index (χ1v) is 9.29. The zero-order chi connectivity index (χ0) is 21.6. The lowest BCUT2D eigenvalue weighted by Crippen LogP contribution is -2.47. The molecule has 0 saturated carbocycles. The van der Waals surface area contributed by atoms with Gasteiger partial charge in [0.15, 0.2) is 13.2 Å². The van der Waals surface area contributed by atoms with Crippen molar-refractivity contribution in [3.05, 3.63) is 24.3 Å². The SMILES string of the molecule is CN(CC(=O)NC(C)(C)C)C(=O)COC(=O)CCN1C(=O)COc2ccccc21. The van der Waals surface area contributed by atoms with Gasteiger partial charge in [-0.25, -0.2) is 0 Å². The van der Waals surface area contributed by atoms with Gasteiger partial charge in [-0.05, 0) is 32.9 Å². The standard InChI is InChI=1S/C20H27N3O6/c1-20(2,3)21-16(24)11-22(4)17(25)12-29-19(27)9-10-23-14-7-5-6-8-15(14)28-13-18(23)26/h5-8H,9-13H2,1-4H3,(H,21,24). The van der Waals surface area contributed by atoms with E-state index in [9.17, 15) is 19.2 Å². The number of para-hydroxylation sites is 2. The molecule has 0 fully saturated rings. The number of fused-ring (bicyclic) bond motifs is 1. The van der Waals surface area contributed by atoms with E-state index >= 15 is 0 Å². The van der Waals surface area contributed by atoms with Gasteiger partial charge in [0.25, 0.3) is 11.8 Å². The summed E-state index contributed by atoms with van der Waals surface area (Å²) in [6.07, 6.45) is -0.0679. The maximum Gasteiger partial charge on any atom is 0.308 e. The first-order chi connectivity index (χ1) is 13.6. The van der Waals surface area contributed by atoms with E-state index in [-0.39, 0.29) is 37.9 Å². The Morgan fingerprint density at radius 1 is 1.24 bits per heavy atom. The van der Waals surface area contributed by atoms with Crippen LogP contribution in [0, 0.1) is 0 Å². The monoisotopic (exact) mass is 405 g/mol. The highest BCUT2D eigenvalue weighted by molar-refractivity contribution is 5.98. The summed E-state index contributed by atoms with van der Waals surface area (Å²) < 4.78 is 10.3. The van der Waals surface area contributed by atoms with Crippen molar-refractivity contribution >= 4 is 29.4 Å². The van der Waals surface area contributed by atoms with Gasteiger partial charge in [0.1, 0.15) is 5.75 Å². The van der Waals surface area contributed by atoms with Gasteiger partial charge in [-0.1, -0.05) is 12.1 Å². The van der Waals surface area contributed by atoms with Crippen molar-refractivity contribution in [2.45, 2.75) is 32.7 Å². The summed E-state index contributed by atoms with van der Waals surface area (Å²) in [5.74, 6) is -1.08. The number of rotatable bonds is 7. The Morgan fingerprint density at radius 3 is 2.62 bits per heavy atom. The number of likely N-dealkylation sites (N-methyl/N-ethyl adjacent to an activating group) is 1. The Balaban J connectivity index is 1.78. The van der Waals surface area contributed by atoms with E-state index in [1.165, 1.54) is 16.8 Å². The van der Waals surface area contributed by atoms with E-state index < -0.39 is 24.0 Å². The van der Waals surface area contributed by atoms with E-state index in [4.69, 9.17) is 9.47 Å². The fraction of sp³-hybridized carbons (Fsp3) is 0.500. The van der Waals surface area contributed by atoms with Crippen molar-refractivity contribution in [1.29, 1.82) is 0 Å². The van der Waals surface area contributed by atoms with Crippen LogP contribution >= 0.6 is 0 Å². The van der Waals surface area contributed by atoms with Crippen LogP contribution in [-0.2, 0) is 23.9 Å².